The van der Waals surface area contributed by atoms with Crippen molar-refractivity contribution in [1.29, 1.82) is 0 Å². The van der Waals surface area contributed by atoms with E-state index in [0.29, 0.717) is 35.1 Å². The zero-order valence-electron chi connectivity index (χ0n) is 41.1. The Balaban J connectivity index is 1.19. The van der Waals surface area contributed by atoms with Crippen LogP contribution in [0.1, 0.15) is 150 Å². The summed E-state index contributed by atoms with van der Waals surface area (Å²) in [6, 6.07) is -0.339. The molecule has 64 heavy (non-hydrogen) atoms. The molecule has 1 aromatic rings. The summed E-state index contributed by atoms with van der Waals surface area (Å²) in [5.41, 5.74) is 7.89. The van der Waals surface area contributed by atoms with E-state index in [1.807, 2.05) is 19.1 Å². The number of aromatic amines is 1. The van der Waals surface area contributed by atoms with E-state index in [1.165, 1.54) is 57.6 Å². The summed E-state index contributed by atoms with van der Waals surface area (Å²) in [4.78, 5) is 50.5. The number of hydrogen-bond acceptors (Lipinski definition) is 8. The summed E-state index contributed by atoms with van der Waals surface area (Å²) >= 11 is 0. The fourth-order valence-electron chi connectivity index (χ4n) is 11.4. The van der Waals surface area contributed by atoms with E-state index < -0.39 is 17.9 Å². The average Bonchev–Trinajstić information content (AvgIpc) is 3.99. The van der Waals surface area contributed by atoms with Gasteiger partial charge in [-0.3, -0.25) is 19.4 Å². The zero-order chi connectivity index (χ0) is 46.4. The number of allylic oxidation sites excluding steroid dienone is 3. The highest BCUT2D eigenvalue weighted by atomic mass is 16.5. The highest BCUT2D eigenvalue weighted by molar-refractivity contribution is 6.18. The monoisotopic (exact) mass is 877 g/mol. The van der Waals surface area contributed by atoms with Crippen molar-refractivity contribution in [2.45, 2.75) is 164 Å². The van der Waals surface area contributed by atoms with Gasteiger partial charge >= 0.3 is 11.9 Å². The van der Waals surface area contributed by atoms with Crippen LogP contribution >= 0.6 is 0 Å². The third kappa shape index (κ3) is 10.9. The topological polar surface area (TPSA) is 122 Å². The molecule has 3 N–H and O–H groups in total. The van der Waals surface area contributed by atoms with Crippen LogP contribution in [-0.4, -0.2) is 60.3 Å². The molecule has 9 nitrogen and oxygen atoms in total. The maximum Gasteiger partial charge on any atom is 0.320 e. The van der Waals surface area contributed by atoms with Gasteiger partial charge in [-0.1, -0.05) is 118 Å². The maximum absolute atomic E-state index is 14.4. The second-order valence-corrected chi connectivity index (χ2v) is 20.6. The number of ether oxygens (including phenoxy) is 2. The molecular formula is C55H80N4O5. The minimum Gasteiger partial charge on any atom is -0.468 e. The van der Waals surface area contributed by atoms with Crippen molar-refractivity contribution < 1.29 is 23.9 Å². The van der Waals surface area contributed by atoms with Gasteiger partial charge in [0.15, 0.2) is 5.78 Å². The summed E-state index contributed by atoms with van der Waals surface area (Å²) in [6.45, 7) is 26.8. The van der Waals surface area contributed by atoms with E-state index in [4.69, 9.17) is 14.5 Å². The van der Waals surface area contributed by atoms with Gasteiger partial charge in [-0.15, -0.1) is 0 Å². The van der Waals surface area contributed by atoms with E-state index in [0.717, 1.165) is 75.8 Å². The molecule has 6 rings (SSSR count). The number of nitrogens with zero attached hydrogens (tertiary/aromatic N) is 1. The molecule has 0 spiro atoms. The molecule has 1 aromatic heterocycles. The van der Waals surface area contributed by atoms with Crippen molar-refractivity contribution in [2.75, 3.05) is 13.7 Å². The third-order valence-electron chi connectivity index (χ3n) is 15.5. The quantitative estimate of drug-likeness (QED) is 0.0678. The number of rotatable bonds is 20. The first-order chi connectivity index (χ1) is 30.6. The van der Waals surface area contributed by atoms with E-state index in [9.17, 15) is 14.4 Å². The van der Waals surface area contributed by atoms with Crippen molar-refractivity contribution >= 4 is 41.7 Å². The Kier molecular flexibility index (Phi) is 16.8. The van der Waals surface area contributed by atoms with Crippen LogP contribution in [0.25, 0.3) is 18.2 Å². The second kappa shape index (κ2) is 21.8. The Labute approximate surface area is 384 Å². The van der Waals surface area contributed by atoms with Crippen LogP contribution < -0.4 is 21.3 Å². The predicted molar refractivity (Wildman–Crippen MR) is 261 cm³/mol. The van der Waals surface area contributed by atoms with Crippen LogP contribution in [0.4, 0.5) is 0 Å². The standard InChI is InChI=1S/C55H80N4O5/c1-13-39-35(8)42-28-44-37(10)41(24-25-48(60)64-27-26-34(7)23-17-22-33(6)21-16-20-32(5)19-15-18-31(3)4)52(58-44)50-51(55(62)63-12)54(61)49-38(11)45(59-53(49)50)30-47-40(14-2)36(9)43(57-47)29-46(39)56-42/h13,26,28-33,36-37,40-41,43,47,51,53,56-57,59H,1,14-25,27H2,2-12H3/b34-26+,42-28-,45-30-,46-29-,52-50-. The normalized spacial score (nSPS) is 30.2. The highest BCUT2D eigenvalue weighted by Gasteiger charge is 2.54. The zero-order valence-corrected chi connectivity index (χ0v) is 41.1. The maximum atomic E-state index is 14.4. The molecule has 5 heterocycles. The van der Waals surface area contributed by atoms with E-state index >= 15 is 0 Å². The van der Waals surface area contributed by atoms with Gasteiger partial charge in [-0.05, 0) is 105 Å². The van der Waals surface area contributed by atoms with Gasteiger partial charge in [0.1, 0.15) is 12.5 Å². The molecule has 8 bridgehead atoms. The van der Waals surface area contributed by atoms with Gasteiger partial charge in [0.2, 0.25) is 0 Å². The van der Waals surface area contributed by atoms with E-state index in [1.54, 1.807) is 0 Å². The molecule has 0 radical (unpaired) electrons. The highest BCUT2D eigenvalue weighted by Crippen LogP contribution is 2.48. The summed E-state index contributed by atoms with van der Waals surface area (Å²) in [5.74, 6) is 0.503. The van der Waals surface area contributed by atoms with E-state index in [2.05, 4.69) is 103 Å². The first-order valence-corrected chi connectivity index (χ1v) is 24.8. The van der Waals surface area contributed by atoms with Gasteiger partial charge in [0.05, 0.1) is 13.2 Å². The molecule has 1 saturated heterocycles. The second-order valence-electron chi connectivity index (χ2n) is 20.6. The Morgan fingerprint density at radius 1 is 0.938 bits per heavy atom. The first-order valence-electron chi connectivity index (χ1n) is 24.8. The molecule has 4 aliphatic heterocycles. The number of carbonyl (C=O) groups is 3. The smallest absolute Gasteiger partial charge is 0.320 e. The number of ketones is 1. The Morgan fingerprint density at radius 2 is 1.62 bits per heavy atom. The summed E-state index contributed by atoms with van der Waals surface area (Å²) in [5, 5.41) is 9.58. The summed E-state index contributed by atoms with van der Waals surface area (Å²) in [6.07, 6.45) is 23.6. The average molecular weight is 877 g/mol. The number of hydrogen-bond donors (Lipinski definition) is 3. The van der Waals surface area contributed by atoms with Crippen LogP contribution in [0.5, 0.6) is 0 Å². The number of nitrogens with one attached hydrogen (secondary N) is 3. The number of aliphatic imine (C=N–C) groups is 1. The SMILES string of the molecule is C=Cc1c(C)/c2[nH]/c1=C\C1NC(/C=C3\NC4C(=C3C)C(=O)C(C(=O)OC)/C4=C3N=C(\C=2)C(C)C/3CCC(=O)OC/C=C(\C)CCCC(C)CCCC(C)CCCC(C)C)C(CC)C1C. The fraction of sp³-hybridized carbons (Fsp3) is 0.636. The van der Waals surface area contributed by atoms with Crippen molar-refractivity contribution in [1.82, 2.24) is 15.6 Å². The molecule has 1 aliphatic carbocycles. The molecular weight excluding hydrogens is 797 g/mol. The summed E-state index contributed by atoms with van der Waals surface area (Å²) in [7, 11) is 1.33. The number of esters is 2. The number of aromatic nitrogens is 1. The molecule has 1 saturated carbocycles. The molecule has 10 atom stereocenters. The van der Waals surface area contributed by atoms with Crippen LogP contribution in [0.2, 0.25) is 0 Å². The number of methoxy groups -OCH3 is 1. The van der Waals surface area contributed by atoms with Crippen molar-refractivity contribution in [3.05, 3.63) is 74.2 Å². The summed E-state index contributed by atoms with van der Waals surface area (Å²) < 4.78 is 11.1. The first kappa shape index (κ1) is 49.2. The fourth-order valence-corrected chi connectivity index (χ4v) is 11.4. The van der Waals surface area contributed by atoms with E-state index in [-0.39, 0.29) is 48.7 Å². The van der Waals surface area contributed by atoms with Crippen molar-refractivity contribution in [3.63, 3.8) is 0 Å². The molecule has 2 fully saturated rings. The van der Waals surface area contributed by atoms with Gasteiger partial charge in [-0.2, -0.15) is 0 Å². The lowest BCUT2D eigenvalue weighted by atomic mass is 9.83. The lowest BCUT2D eigenvalue weighted by molar-refractivity contribution is -0.146. The number of fused-ring (bicyclic) bond motifs is 6. The molecule has 0 amide bonds. The lowest BCUT2D eigenvalue weighted by Crippen LogP contribution is -2.33. The van der Waals surface area contributed by atoms with Crippen LogP contribution in [0.3, 0.4) is 0 Å². The lowest BCUT2D eigenvalue weighted by Gasteiger charge is -2.23. The largest absolute Gasteiger partial charge is 0.468 e. The predicted octanol–water partition coefficient (Wildman–Crippen LogP) is 9.76. The van der Waals surface area contributed by atoms with Crippen LogP contribution in [0, 0.1) is 54.3 Å². The van der Waals surface area contributed by atoms with Crippen molar-refractivity contribution in [2.24, 2.45) is 52.3 Å². The third-order valence-corrected chi connectivity index (χ3v) is 15.5. The van der Waals surface area contributed by atoms with Gasteiger partial charge in [0.25, 0.3) is 0 Å². The van der Waals surface area contributed by atoms with Gasteiger partial charge < -0.3 is 25.1 Å². The number of carbonyl (C=O) groups excluding carboxylic acids is 3. The molecule has 0 aromatic carbocycles. The minimum absolute atomic E-state index is 0.0677. The Morgan fingerprint density at radius 3 is 2.28 bits per heavy atom. The molecule has 350 valence electrons. The molecule has 9 heteroatoms. The minimum atomic E-state index is -1.12. The van der Waals surface area contributed by atoms with Crippen LogP contribution in [0.15, 0.2) is 57.4 Å². The molecule has 10 unspecified atom stereocenters. The van der Waals surface area contributed by atoms with Gasteiger partial charge in [-0.25, -0.2) is 0 Å². The van der Waals surface area contributed by atoms with Gasteiger partial charge in [0, 0.05) is 74.9 Å². The number of Topliss-reactive ketones (excluding diaryl/α,β-unsaturated/α-hetero) is 1. The molecule has 5 aliphatic rings. The van der Waals surface area contributed by atoms with Crippen molar-refractivity contribution in [3.8, 4) is 0 Å². The number of H-pyrrole nitrogens is 1. The Bertz CT molecular complexity index is 2200. The Hall–Kier alpha value is -4.24. The van der Waals surface area contributed by atoms with Crippen LogP contribution in [-0.2, 0) is 23.9 Å².